The third kappa shape index (κ3) is 4.09. The lowest BCUT2D eigenvalue weighted by Gasteiger charge is -2.15. The molecule has 0 aliphatic rings. The van der Waals surface area contributed by atoms with Gasteiger partial charge in [0.05, 0.1) is 0 Å². The van der Waals surface area contributed by atoms with Crippen LogP contribution in [0.4, 0.5) is 10.5 Å². The molecule has 0 radical (unpaired) electrons. The summed E-state index contributed by atoms with van der Waals surface area (Å²) in [5, 5.41) is 0.672. The van der Waals surface area contributed by atoms with Crippen LogP contribution < -0.4 is 9.64 Å². The molecular weight excluding hydrogens is 300 g/mol. The van der Waals surface area contributed by atoms with Crippen molar-refractivity contribution in [3.8, 4) is 5.75 Å². The zero-order valence-electron chi connectivity index (χ0n) is 12.7. The lowest BCUT2D eigenvalue weighted by Crippen LogP contribution is -2.17. The Morgan fingerprint density at radius 2 is 1.91 bits per heavy atom. The summed E-state index contributed by atoms with van der Waals surface area (Å²) in [5.41, 5.74) is 2.79. The summed E-state index contributed by atoms with van der Waals surface area (Å²) in [6.45, 7) is 3.81. The molecule has 0 bridgehead atoms. The molecule has 0 aromatic heterocycles. The lowest BCUT2D eigenvalue weighted by molar-refractivity contribution is 0.211. The molecule has 0 N–H and O–H groups in total. The highest BCUT2D eigenvalue weighted by molar-refractivity contribution is 6.30. The quantitative estimate of drug-likeness (QED) is 0.613. The number of amides is 1. The maximum Gasteiger partial charge on any atom is 0.440 e. The molecule has 0 fully saturated rings. The van der Waals surface area contributed by atoms with E-state index in [4.69, 9.17) is 16.3 Å². The van der Waals surface area contributed by atoms with E-state index in [9.17, 15) is 4.79 Å². The first-order valence-electron chi connectivity index (χ1n) is 6.78. The van der Waals surface area contributed by atoms with Crippen molar-refractivity contribution in [1.29, 1.82) is 0 Å². The fraction of sp³-hybridized carbons (Fsp3) is 0.176. The number of aryl methyl sites for hydroxylation is 2. The second-order valence-corrected chi connectivity index (χ2v) is 5.36. The fourth-order valence-electron chi connectivity index (χ4n) is 2.00. The number of ether oxygens (including phenoxy) is 1. The van der Waals surface area contributed by atoms with Gasteiger partial charge >= 0.3 is 6.09 Å². The van der Waals surface area contributed by atoms with Gasteiger partial charge in [0.15, 0.2) is 0 Å². The number of hydrogen-bond acceptors (Lipinski definition) is 2. The maximum absolute atomic E-state index is 11.8. The molecule has 5 heteroatoms. The monoisotopic (exact) mass is 316 g/mol. The minimum atomic E-state index is -0.659. The van der Waals surface area contributed by atoms with Crippen LogP contribution in [0.1, 0.15) is 11.1 Å². The molecule has 0 saturated heterocycles. The van der Waals surface area contributed by atoms with Crippen molar-refractivity contribution in [1.82, 2.24) is 0 Å². The van der Waals surface area contributed by atoms with Gasteiger partial charge in [-0.2, -0.15) is 4.99 Å². The van der Waals surface area contributed by atoms with E-state index < -0.39 is 6.09 Å². The smallest absolute Gasteiger partial charge is 0.408 e. The van der Waals surface area contributed by atoms with Gasteiger partial charge < -0.3 is 9.64 Å². The van der Waals surface area contributed by atoms with Gasteiger partial charge in [-0.05, 0) is 49.2 Å². The third-order valence-corrected chi connectivity index (χ3v) is 3.40. The van der Waals surface area contributed by atoms with Crippen LogP contribution in [0, 0.1) is 13.8 Å². The Morgan fingerprint density at radius 1 is 1.18 bits per heavy atom. The molecule has 4 nitrogen and oxygen atoms in total. The van der Waals surface area contributed by atoms with Crippen LogP contribution in [0.5, 0.6) is 5.75 Å². The number of benzene rings is 2. The van der Waals surface area contributed by atoms with E-state index in [1.54, 1.807) is 24.1 Å². The van der Waals surface area contributed by atoms with Crippen LogP contribution in [0.3, 0.4) is 0 Å². The number of carbonyl (C=O) groups is 1. The SMILES string of the molecule is Cc1ccccc1OC(=O)N=CN(C)c1ccc(Cl)cc1C. The van der Waals surface area contributed by atoms with E-state index in [0.29, 0.717) is 10.8 Å². The molecule has 1 amide bonds. The van der Waals surface area contributed by atoms with Crippen LogP contribution >= 0.6 is 11.6 Å². The van der Waals surface area contributed by atoms with Crippen molar-refractivity contribution in [3.63, 3.8) is 0 Å². The highest BCUT2D eigenvalue weighted by atomic mass is 35.5. The normalized spacial score (nSPS) is 10.7. The topological polar surface area (TPSA) is 41.9 Å². The van der Waals surface area contributed by atoms with Crippen LogP contribution in [0.25, 0.3) is 0 Å². The maximum atomic E-state index is 11.8. The standard InChI is InChI=1S/C17H17ClN2O2/c1-12-6-4-5-7-16(12)22-17(21)19-11-20(3)15-9-8-14(18)10-13(15)2/h4-11H,1-3H3. The molecule has 22 heavy (non-hydrogen) atoms. The van der Waals surface area contributed by atoms with Crippen LogP contribution in [0.2, 0.25) is 5.02 Å². The van der Waals surface area contributed by atoms with Gasteiger partial charge in [-0.3, -0.25) is 0 Å². The minimum Gasteiger partial charge on any atom is -0.408 e. The largest absolute Gasteiger partial charge is 0.440 e. The Balaban J connectivity index is 2.04. The number of halogens is 1. The first-order chi connectivity index (χ1) is 10.5. The zero-order valence-corrected chi connectivity index (χ0v) is 13.5. The predicted octanol–water partition coefficient (Wildman–Crippen LogP) is 4.62. The molecule has 0 atom stereocenters. The number of para-hydroxylation sites is 1. The van der Waals surface area contributed by atoms with Gasteiger partial charge in [-0.25, -0.2) is 4.79 Å². The molecular formula is C17H17ClN2O2. The summed E-state index contributed by atoms with van der Waals surface area (Å²) in [6.07, 6.45) is 0.768. The number of nitrogens with zero attached hydrogens (tertiary/aromatic N) is 2. The summed E-state index contributed by atoms with van der Waals surface area (Å²) < 4.78 is 5.20. The Bertz CT molecular complexity index is 714. The number of carbonyl (C=O) groups excluding carboxylic acids is 1. The molecule has 0 heterocycles. The second-order valence-electron chi connectivity index (χ2n) is 4.92. The van der Waals surface area contributed by atoms with Crippen molar-refractivity contribution in [2.75, 3.05) is 11.9 Å². The Kier molecular flexibility index (Phi) is 5.17. The highest BCUT2D eigenvalue weighted by Gasteiger charge is 2.06. The predicted molar refractivity (Wildman–Crippen MR) is 90.3 cm³/mol. The van der Waals surface area contributed by atoms with Crippen molar-refractivity contribution in [3.05, 3.63) is 58.6 Å². The summed E-state index contributed by atoms with van der Waals surface area (Å²) in [7, 11) is 1.81. The van der Waals surface area contributed by atoms with Gasteiger partial charge in [0.2, 0.25) is 0 Å². The van der Waals surface area contributed by atoms with Crippen molar-refractivity contribution in [2.45, 2.75) is 13.8 Å². The molecule has 2 aromatic rings. The van der Waals surface area contributed by atoms with Gasteiger partial charge in [-0.1, -0.05) is 29.8 Å². The molecule has 0 spiro atoms. The summed E-state index contributed by atoms with van der Waals surface area (Å²) in [6, 6.07) is 12.8. The zero-order chi connectivity index (χ0) is 16.1. The molecule has 0 aliphatic carbocycles. The number of rotatable bonds is 3. The van der Waals surface area contributed by atoms with Crippen LogP contribution in [-0.2, 0) is 0 Å². The second kappa shape index (κ2) is 7.09. The van der Waals surface area contributed by atoms with Crippen molar-refractivity contribution >= 4 is 29.7 Å². The third-order valence-electron chi connectivity index (χ3n) is 3.17. The summed E-state index contributed by atoms with van der Waals surface area (Å²) in [5.74, 6) is 0.509. The minimum absolute atomic E-state index is 0.509. The fourth-order valence-corrected chi connectivity index (χ4v) is 2.23. The van der Waals surface area contributed by atoms with E-state index >= 15 is 0 Å². The van der Waals surface area contributed by atoms with E-state index in [1.165, 1.54) is 6.34 Å². The molecule has 2 aromatic carbocycles. The molecule has 0 aliphatic heterocycles. The van der Waals surface area contributed by atoms with Gasteiger partial charge in [0.1, 0.15) is 12.1 Å². The first kappa shape index (κ1) is 16.0. The average molecular weight is 317 g/mol. The van der Waals surface area contributed by atoms with E-state index in [2.05, 4.69) is 4.99 Å². The van der Waals surface area contributed by atoms with Gasteiger partial charge in [-0.15, -0.1) is 0 Å². The van der Waals surface area contributed by atoms with E-state index in [-0.39, 0.29) is 0 Å². The Labute approximate surface area is 135 Å². The number of anilines is 1. The molecule has 0 unspecified atom stereocenters. The van der Waals surface area contributed by atoms with Gasteiger partial charge in [0, 0.05) is 17.8 Å². The Hall–Kier alpha value is -2.33. The highest BCUT2D eigenvalue weighted by Crippen LogP contribution is 2.22. The number of hydrogen-bond donors (Lipinski definition) is 0. The number of aliphatic imine (C=N–C) groups is 1. The molecule has 2 rings (SSSR count). The van der Waals surface area contributed by atoms with Gasteiger partial charge in [0.25, 0.3) is 0 Å². The van der Waals surface area contributed by atoms with E-state index in [0.717, 1.165) is 16.8 Å². The first-order valence-corrected chi connectivity index (χ1v) is 7.16. The van der Waals surface area contributed by atoms with Crippen molar-refractivity contribution in [2.24, 2.45) is 4.99 Å². The molecule has 0 saturated carbocycles. The van der Waals surface area contributed by atoms with Crippen LogP contribution in [0.15, 0.2) is 47.5 Å². The van der Waals surface area contributed by atoms with Crippen LogP contribution in [-0.4, -0.2) is 19.5 Å². The van der Waals surface area contributed by atoms with Crippen molar-refractivity contribution < 1.29 is 9.53 Å². The average Bonchev–Trinajstić information content (AvgIpc) is 2.47. The summed E-state index contributed by atoms with van der Waals surface area (Å²) >= 11 is 5.93. The molecule has 114 valence electrons. The summed E-state index contributed by atoms with van der Waals surface area (Å²) in [4.78, 5) is 17.3. The Morgan fingerprint density at radius 3 is 2.59 bits per heavy atom. The lowest BCUT2D eigenvalue weighted by atomic mass is 10.2. The van der Waals surface area contributed by atoms with E-state index in [1.807, 2.05) is 44.2 Å².